The molecule has 5 nitrogen and oxygen atoms in total. The van der Waals surface area contributed by atoms with Crippen molar-refractivity contribution in [3.05, 3.63) is 181 Å². The molecule has 0 aliphatic heterocycles. The van der Waals surface area contributed by atoms with Crippen LogP contribution in [0.4, 0.5) is 0 Å². The zero-order chi connectivity index (χ0) is 36.5. The minimum absolute atomic E-state index is 0.580. The first-order chi connectivity index (χ1) is 27.2. The van der Waals surface area contributed by atoms with Crippen molar-refractivity contribution in [3.63, 3.8) is 0 Å². The molecule has 0 unspecified atom stereocenters. The van der Waals surface area contributed by atoms with Crippen molar-refractivity contribution in [1.82, 2.24) is 19.5 Å². The standard InChI is InChI=1S/C50H29N5/c51-30-31-23-25-45-43(27-31)44-28-35(24-26-46(44)55(45)47-29-34-13-3-6-18-38(34)39-19-7-8-20-40(39)47)48-52-49(41-21-9-14-32-11-1-4-16-36(32)41)54-50(53-48)42-22-10-15-33-12-2-5-17-37(33)42/h1-29H. The van der Waals surface area contributed by atoms with Crippen molar-refractivity contribution >= 4 is 64.9 Å². The number of aromatic nitrogens is 4. The van der Waals surface area contributed by atoms with Crippen LogP contribution in [0.1, 0.15) is 5.56 Å². The maximum absolute atomic E-state index is 10.0. The van der Waals surface area contributed by atoms with Gasteiger partial charge >= 0.3 is 0 Å². The summed E-state index contributed by atoms with van der Waals surface area (Å²) in [6, 6.07) is 63.4. The fourth-order valence-corrected chi connectivity index (χ4v) is 8.30. The first kappa shape index (κ1) is 30.9. The number of benzene rings is 9. The molecule has 9 aromatic carbocycles. The zero-order valence-electron chi connectivity index (χ0n) is 29.5. The van der Waals surface area contributed by atoms with E-state index in [-0.39, 0.29) is 0 Å². The lowest BCUT2D eigenvalue weighted by atomic mass is 10.00. The molecular formula is C50H29N5. The van der Waals surface area contributed by atoms with Crippen LogP contribution in [0.2, 0.25) is 0 Å². The van der Waals surface area contributed by atoms with Gasteiger partial charge in [-0.05, 0) is 80.2 Å². The van der Waals surface area contributed by atoms with Crippen molar-refractivity contribution in [2.75, 3.05) is 0 Å². The van der Waals surface area contributed by atoms with E-state index in [9.17, 15) is 5.26 Å². The molecule has 0 radical (unpaired) electrons. The van der Waals surface area contributed by atoms with E-state index in [1.165, 1.54) is 16.2 Å². The largest absolute Gasteiger partial charge is 0.309 e. The highest BCUT2D eigenvalue weighted by atomic mass is 15.0. The van der Waals surface area contributed by atoms with Gasteiger partial charge in [0.15, 0.2) is 17.5 Å². The molecule has 0 N–H and O–H groups in total. The third kappa shape index (κ3) is 4.90. The number of hydrogen-bond acceptors (Lipinski definition) is 4. The van der Waals surface area contributed by atoms with Gasteiger partial charge in [-0.3, -0.25) is 0 Å². The smallest absolute Gasteiger partial charge is 0.164 e. The Morgan fingerprint density at radius 2 is 0.891 bits per heavy atom. The Balaban J connectivity index is 1.19. The van der Waals surface area contributed by atoms with Gasteiger partial charge in [0, 0.05) is 32.8 Å². The van der Waals surface area contributed by atoms with Gasteiger partial charge in [-0.25, -0.2) is 15.0 Å². The molecule has 11 rings (SSSR count). The molecule has 0 saturated heterocycles. The lowest BCUT2D eigenvalue weighted by Gasteiger charge is -2.14. The lowest BCUT2D eigenvalue weighted by Crippen LogP contribution is -2.01. The van der Waals surface area contributed by atoms with Crippen LogP contribution in [0.5, 0.6) is 0 Å². The molecule has 0 saturated carbocycles. The Hall–Kier alpha value is -7.68. The Morgan fingerprint density at radius 1 is 0.382 bits per heavy atom. The highest BCUT2D eigenvalue weighted by Gasteiger charge is 2.20. The monoisotopic (exact) mass is 699 g/mol. The molecular weight excluding hydrogens is 671 g/mol. The SMILES string of the molecule is N#Cc1ccc2c(c1)c1cc(-c3nc(-c4cccc5ccccc45)nc(-c4cccc5ccccc45)n3)ccc1n2-c1cc2ccccc2c2ccccc12. The van der Waals surface area contributed by atoms with Gasteiger partial charge < -0.3 is 4.57 Å². The predicted octanol–water partition coefficient (Wildman–Crippen LogP) is 12.5. The van der Waals surface area contributed by atoms with Gasteiger partial charge in [-0.2, -0.15) is 5.26 Å². The van der Waals surface area contributed by atoms with E-state index < -0.39 is 0 Å². The Kier molecular flexibility index (Phi) is 6.85. The van der Waals surface area contributed by atoms with Crippen molar-refractivity contribution in [2.45, 2.75) is 0 Å². The third-order valence-corrected chi connectivity index (χ3v) is 10.8. The van der Waals surface area contributed by atoms with E-state index in [4.69, 9.17) is 15.0 Å². The molecule has 0 aliphatic rings. The Morgan fingerprint density at radius 3 is 1.55 bits per heavy atom. The molecule has 0 atom stereocenters. The number of hydrogen-bond donors (Lipinski definition) is 0. The summed E-state index contributed by atoms with van der Waals surface area (Å²) in [7, 11) is 0. The molecule has 254 valence electrons. The van der Waals surface area contributed by atoms with Gasteiger partial charge in [-0.1, -0.05) is 133 Å². The van der Waals surface area contributed by atoms with E-state index >= 15 is 0 Å². The van der Waals surface area contributed by atoms with Crippen LogP contribution in [0.15, 0.2) is 176 Å². The number of fused-ring (bicyclic) bond motifs is 8. The summed E-state index contributed by atoms with van der Waals surface area (Å²) in [5.74, 6) is 1.81. The van der Waals surface area contributed by atoms with E-state index in [1.54, 1.807) is 0 Å². The van der Waals surface area contributed by atoms with Gasteiger partial charge in [0.25, 0.3) is 0 Å². The first-order valence-electron chi connectivity index (χ1n) is 18.3. The molecule has 2 heterocycles. The predicted molar refractivity (Wildman–Crippen MR) is 225 cm³/mol. The molecule has 0 bridgehead atoms. The van der Waals surface area contributed by atoms with Crippen LogP contribution in [0, 0.1) is 11.3 Å². The molecule has 0 fully saturated rings. The minimum atomic E-state index is 0.580. The van der Waals surface area contributed by atoms with E-state index in [2.05, 4.69) is 174 Å². The molecule has 5 heteroatoms. The van der Waals surface area contributed by atoms with Crippen LogP contribution in [-0.2, 0) is 0 Å². The first-order valence-corrected chi connectivity index (χ1v) is 18.3. The lowest BCUT2D eigenvalue weighted by molar-refractivity contribution is 1.08. The molecule has 0 spiro atoms. The highest BCUT2D eigenvalue weighted by molar-refractivity contribution is 6.15. The molecule has 2 aromatic heterocycles. The molecule has 55 heavy (non-hydrogen) atoms. The highest BCUT2D eigenvalue weighted by Crippen LogP contribution is 2.40. The summed E-state index contributed by atoms with van der Waals surface area (Å²) >= 11 is 0. The van der Waals surface area contributed by atoms with Crippen LogP contribution < -0.4 is 0 Å². The summed E-state index contributed by atoms with van der Waals surface area (Å²) in [4.78, 5) is 15.6. The van der Waals surface area contributed by atoms with Crippen LogP contribution in [0.3, 0.4) is 0 Å². The fraction of sp³-hybridized carbons (Fsp3) is 0. The third-order valence-electron chi connectivity index (χ3n) is 10.8. The zero-order valence-corrected chi connectivity index (χ0v) is 29.5. The normalized spacial score (nSPS) is 11.6. The Bertz CT molecular complexity index is 3300. The maximum Gasteiger partial charge on any atom is 0.164 e. The average Bonchev–Trinajstić information content (AvgIpc) is 3.58. The van der Waals surface area contributed by atoms with Crippen molar-refractivity contribution in [2.24, 2.45) is 0 Å². The maximum atomic E-state index is 10.0. The number of nitriles is 1. The second kappa shape index (κ2) is 12.2. The van der Waals surface area contributed by atoms with Gasteiger partial charge in [0.2, 0.25) is 0 Å². The summed E-state index contributed by atoms with van der Waals surface area (Å²) in [5, 5.41) is 21.2. The van der Waals surface area contributed by atoms with Crippen LogP contribution in [0.25, 0.3) is 105 Å². The van der Waals surface area contributed by atoms with Crippen molar-refractivity contribution < 1.29 is 0 Å². The molecule has 11 aromatic rings. The number of nitrogens with zero attached hydrogens (tertiary/aromatic N) is 5. The minimum Gasteiger partial charge on any atom is -0.309 e. The quantitative estimate of drug-likeness (QED) is 0.172. The topological polar surface area (TPSA) is 67.4 Å². The fourth-order valence-electron chi connectivity index (χ4n) is 8.30. The summed E-state index contributed by atoms with van der Waals surface area (Å²) in [6.45, 7) is 0. The van der Waals surface area contributed by atoms with Crippen molar-refractivity contribution in [1.29, 1.82) is 5.26 Å². The number of rotatable bonds is 4. The summed E-state index contributed by atoms with van der Waals surface area (Å²) in [5.41, 5.74) is 6.51. The summed E-state index contributed by atoms with van der Waals surface area (Å²) < 4.78 is 2.33. The Labute approximate surface area is 316 Å². The van der Waals surface area contributed by atoms with Crippen LogP contribution >= 0.6 is 0 Å². The van der Waals surface area contributed by atoms with Gasteiger partial charge in [0.05, 0.1) is 28.4 Å². The van der Waals surface area contributed by atoms with E-state index in [0.29, 0.717) is 23.0 Å². The summed E-state index contributed by atoms with van der Waals surface area (Å²) in [6.07, 6.45) is 0. The van der Waals surface area contributed by atoms with Crippen LogP contribution in [-0.4, -0.2) is 19.5 Å². The molecule has 0 amide bonds. The second-order valence-electron chi connectivity index (χ2n) is 13.9. The van der Waals surface area contributed by atoms with Gasteiger partial charge in [0.1, 0.15) is 0 Å². The van der Waals surface area contributed by atoms with E-state index in [1.807, 2.05) is 12.1 Å². The van der Waals surface area contributed by atoms with E-state index in [0.717, 1.165) is 71.1 Å². The van der Waals surface area contributed by atoms with Gasteiger partial charge in [-0.15, -0.1) is 0 Å². The average molecular weight is 700 g/mol. The second-order valence-corrected chi connectivity index (χ2v) is 13.9. The van der Waals surface area contributed by atoms with Crippen molar-refractivity contribution in [3.8, 4) is 45.9 Å². The molecule has 0 aliphatic carbocycles.